The lowest BCUT2D eigenvalue weighted by atomic mass is 10.1. The van der Waals surface area contributed by atoms with Crippen molar-refractivity contribution in [1.29, 1.82) is 0 Å². The number of nitrogens with zero attached hydrogens (tertiary/aromatic N) is 1. The molecule has 0 aromatic carbocycles. The fraction of sp³-hybridized carbons (Fsp3) is 0.667. The maximum absolute atomic E-state index is 11.8. The molecule has 5 heteroatoms. The van der Waals surface area contributed by atoms with Gasteiger partial charge in [0.15, 0.2) is 5.82 Å². The summed E-state index contributed by atoms with van der Waals surface area (Å²) in [4.78, 5) is 11.8. The molecule has 0 unspecified atom stereocenters. The van der Waals surface area contributed by atoms with Crippen LogP contribution in [0.15, 0.2) is 10.6 Å². The first kappa shape index (κ1) is 10.6. The van der Waals surface area contributed by atoms with Crippen molar-refractivity contribution in [3.8, 4) is 0 Å². The van der Waals surface area contributed by atoms with E-state index in [-0.39, 0.29) is 6.03 Å². The molecule has 5 nitrogen and oxygen atoms in total. The Morgan fingerprint density at radius 2 is 2.06 bits per heavy atom. The summed E-state index contributed by atoms with van der Waals surface area (Å²) in [6.45, 7) is 1.80. The minimum Gasteiger partial charge on any atom is -0.360 e. The lowest BCUT2D eigenvalue weighted by Crippen LogP contribution is -2.40. The number of carbonyl (C=O) groups is 1. The third-order valence-electron chi connectivity index (χ3n) is 3.43. The van der Waals surface area contributed by atoms with Crippen LogP contribution in [0.25, 0.3) is 0 Å². The number of carbonyl (C=O) groups excluding carboxylic acids is 1. The predicted molar refractivity (Wildman–Crippen MR) is 62.6 cm³/mol. The highest BCUT2D eigenvalue weighted by Gasteiger charge is 2.42. The molecule has 92 valence electrons. The monoisotopic (exact) mass is 235 g/mol. The second kappa shape index (κ2) is 4.05. The first-order chi connectivity index (χ1) is 8.22. The number of nitrogens with one attached hydrogen (secondary N) is 2. The molecule has 0 spiro atoms. The summed E-state index contributed by atoms with van der Waals surface area (Å²) in [7, 11) is 0. The molecule has 2 amide bonds. The lowest BCUT2D eigenvalue weighted by molar-refractivity contribution is 0.244. The topological polar surface area (TPSA) is 67.2 Å². The molecular weight excluding hydrogens is 218 g/mol. The van der Waals surface area contributed by atoms with Crippen LogP contribution < -0.4 is 10.6 Å². The van der Waals surface area contributed by atoms with E-state index >= 15 is 0 Å². The van der Waals surface area contributed by atoms with Crippen LogP contribution in [0.2, 0.25) is 0 Å². The molecule has 0 atom stereocenters. The van der Waals surface area contributed by atoms with Crippen LogP contribution in [0.5, 0.6) is 0 Å². The van der Waals surface area contributed by atoms with Gasteiger partial charge >= 0.3 is 6.03 Å². The zero-order chi connectivity index (χ0) is 11.8. The zero-order valence-corrected chi connectivity index (χ0v) is 9.90. The van der Waals surface area contributed by atoms with Gasteiger partial charge in [-0.3, -0.25) is 5.32 Å². The van der Waals surface area contributed by atoms with Gasteiger partial charge in [-0.25, -0.2) is 4.79 Å². The van der Waals surface area contributed by atoms with E-state index in [0.717, 1.165) is 0 Å². The molecule has 0 radical (unpaired) electrons. The Morgan fingerprint density at radius 1 is 1.41 bits per heavy atom. The number of hydrogen-bond acceptors (Lipinski definition) is 3. The van der Waals surface area contributed by atoms with Crippen LogP contribution >= 0.6 is 0 Å². The Morgan fingerprint density at radius 3 is 2.53 bits per heavy atom. The highest BCUT2D eigenvalue weighted by Crippen LogP contribution is 2.44. The SMILES string of the molecule is Cc1cc(NC(=O)NC(C2CC2)C2CC2)no1. The number of aromatic nitrogens is 1. The molecule has 2 N–H and O–H groups in total. The molecule has 0 aliphatic heterocycles. The molecule has 1 heterocycles. The molecule has 2 aliphatic carbocycles. The lowest BCUT2D eigenvalue weighted by Gasteiger charge is -2.17. The van der Waals surface area contributed by atoms with E-state index < -0.39 is 0 Å². The van der Waals surface area contributed by atoms with Crippen molar-refractivity contribution in [2.45, 2.75) is 38.6 Å². The Labute approximate surface area is 99.9 Å². The highest BCUT2D eigenvalue weighted by molar-refractivity contribution is 5.88. The van der Waals surface area contributed by atoms with Gasteiger partial charge in [0.25, 0.3) is 0 Å². The van der Waals surface area contributed by atoms with Crippen LogP contribution in [-0.2, 0) is 0 Å². The van der Waals surface area contributed by atoms with Crippen molar-refractivity contribution < 1.29 is 9.32 Å². The summed E-state index contributed by atoms with van der Waals surface area (Å²) in [5.41, 5.74) is 0. The summed E-state index contributed by atoms with van der Waals surface area (Å²) >= 11 is 0. The highest BCUT2D eigenvalue weighted by atomic mass is 16.5. The van der Waals surface area contributed by atoms with Crippen molar-refractivity contribution in [2.24, 2.45) is 11.8 Å². The molecule has 17 heavy (non-hydrogen) atoms. The van der Waals surface area contributed by atoms with Crippen LogP contribution in [-0.4, -0.2) is 17.2 Å². The van der Waals surface area contributed by atoms with Gasteiger partial charge in [-0.1, -0.05) is 5.16 Å². The zero-order valence-electron chi connectivity index (χ0n) is 9.90. The van der Waals surface area contributed by atoms with E-state index in [1.54, 1.807) is 13.0 Å². The van der Waals surface area contributed by atoms with Gasteiger partial charge < -0.3 is 9.84 Å². The summed E-state index contributed by atoms with van der Waals surface area (Å²) < 4.78 is 4.90. The average Bonchev–Trinajstić information content (AvgIpc) is 3.17. The molecule has 2 aliphatic rings. The molecule has 1 aromatic heterocycles. The molecule has 0 saturated heterocycles. The van der Waals surface area contributed by atoms with Crippen LogP contribution in [0.3, 0.4) is 0 Å². The van der Waals surface area contributed by atoms with Gasteiger partial charge in [-0.15, -0.1) is 0 Å². The van der Waals surface area contributed by atoms with Crippen molar-refractivity contribution >= 4 is 11.8 Å². The fourth-order valence-electron chi connectivity index (χ4n) is 2.26. The molecule has 2 saturated carbocycles. The van der Waals surface area contributed by atoms with E-state index in [1.165, 1.54) is 25.7 Å². The van der Waals surface area contributed by atoms with Crippen molar-refractivity contribution in [1.82, 2.24) is 10.5 Å². The number of hydrogen-bond donors (Lipinski definition) is 2. The summed E-state index contributed by atoms with van der Waals surface area (Å²) in [6, 6.07) is 1.91. The van der Waals surface area contributed by atoms with Gasteiger partial charge in [-0.2, -0.15) is 0 Å². The summed E-state index contributed by atoms with van der Waals surface area (Å²) in [6.07, 6.45) is 5.02. The Balaban J connectivity index is 1.55. The smallest absolute Gasteiger partial charge is 0.320 e. The summed E-state index contributed by atoms with van der Waals surface area (Å²) in [5, 5.41) is 9.51. The van der Waals surface area contributed by atoms with Crippen LogP contribution in [0, 0.1) is 18.8 Å². The quantitative estimate of drug-likeness (QED) is 0.841. The number of aryl methyl sites for hydroxylation is 1. The van der Waals surface area contributed by atoms with E-state index in [4.69, 9.17) is 4.52 Å². The average molecular weight is 235 g/mol. The maximum Gasteiger partial charge on any atom is 0.320 e. The van der Waals surface area contributed by atoms with Crippen LogP contribution in [0.1, 0.15) is 31.4 Å². The summed E-state index contributed by atoms with van der Waals surface area (Å²) in [5.74, 6) is 2.58. The number of rotatable bonds is 4. The Bertz CT molecular complexity index is 409. The molecule has 3 rings (SSSR count). The maximum atomic E-state index is 11.8. The predicted octanol–water partition coefficient (Wildman–Crippen LogP) is 2.29. The van der Waals surface area contributed by atoms with Crippen LogP contribution in [0.4, 0.5) is 10.6 Å². The number of urea groups is 1. The number of amides is 2. The van der Waals surface area contributed by atoms with Gasteiger partial charge in [0, 0.05) is 12.1 Å². The minimum absolute atomic E-state index is 0.165. The molecule has 0 bridgehead atoms. The van der Waals surface area contributed by atoms with E-state index in [9.17, 15) is 4.79 Å². The van der Waals surface area contributed by atoms with Gasteiger partial charge in [0.1, 0.15) is 5.76 Å². The standard InChI is InChI=1S/C12H17N3O2/c1-7-6-10(15-17-7)13-12(16)14-11(8-2-3-8)9-4-5-9/h6,8-9,11H,2-5H2,1H3,(H2,13,14,15,16). The second-order valence-electron chi connectivity index (χ2n) is 5.12. The Kier molecular flexibility index (Phi) is 2.53. The number of anilines is 1. The van der Waals surface area contributed by atoms with Crippen molar-refractivity contribution in [3.05, 3.63) is 11.8 Å². The molecular formula is C12H17N3O2. The minimum atomic E-state index is -0.165. The van der Waals surface area contributed by atoms with Gasteiger partial charge in [0.05, 0.1) is 0 Å². The second-order valence-corrected chi connectivity index (χ2v) is 5.12. The first-order valence-electron chi connectivity index (χ1n) is 6.23. The molecule has 2 fully saturated rings. The normalized spacial score (nSPS) is 19.4. The van der Waals surface area contributed by atoms with Crippen molar-refractivity contribution in [3.63, 3.8) is 0 Å². The third-order valence-corrected chi connectivity index (χ3v) is 3.43. The molecule has 1 aromatic rings. The van der Waals surface area contributed by atoms with Crippen molar-refractivity contribution in [2.75, 3.05) is 5.32 Å². The van der Waals surface area contributed by atoms with E-state index in [0.29, 0.717) is 29.5 Å². The first-order valence-corrected chi connectivity index (χ1v) is 6.23. The largest absolute Gasteiger partial charge is 0.360 e. The van der Waals surface area contributed by atoms with E-state index in [2.05, 4.69) is 15.8 Å². The van der Waals surface area contributed by atoms with Gasteiger partial charge in [-0.05, 0) is 44.4 Å². The van der Waals surface area contributed by atoms with Gasteiger partial charge in [0.2, 0.25) is 0 Å². The van der Waals surface area contributed by atoms with E-state index in [1.807, 2.05) is 0 Å². The third kappa shape index (κ3) is 2.60. The fourth-order valence-corrected chi connectivity index (χ4v) is 2.26. The Hall–Kier alpha value is -1.52.